The highest BCUT2D eigenvalue weighted by Crippen LogP contribution is 2.39. The second-order valence-corrected chi connectivity index (χ2v) is 6.84. The molecule has 0 saturated heterocycles. The highest BCUT2D eigenvalue weighted by atomic mass is 19.4. The van der Waals surface area contributed by atoms with Gasteiger partial charge in [-0.05, 0) is 33.5 Å². The van der Waals surface area contributed by atoms with Gasteiger partial charge < -0.3 is 10.2 Å². The van der Waals surface area contributed by atoms with Crippen LogP contribution in [0.4, 0.5) is 19.0 Å². The van der Waals surface area contributed by atoms with E-state index < -0.39 is 11.9 Å². The molecule has 2 aromatic heterocycles. The van der Waals surface area contributed by atoms with E-state index in [1.165, 1.54) is 4.52 Å². The molecule has 3 aromatic rings. The molecule has 0 saturated carbocycles. The van der Waals surface area contributed by atoms with Crippen molar-refractivity contribution in [2.24, 2.45) is 0 Å². The largest absolute Gasteiger partial charge is 0.435 e. The average Bonchev–Trinajstić information content (AvgIpc) is 2.95. The summed E-state index contributed by atoms with van der Waals surface area (Å²) < 4.78 is 42.4. The summed E-state index contributed by atoms with van der Waals surface area (Å²) in [5, 5.41) is 7.04. The number of hydrogen-bond donors (Lipinski definition) is 1. The van der Waals surface area contributed by atoms with Gasteiger partial charge >= 0.3 is 6.18 Å². The number of rotatable bonds is 5. The van der Waals surface area contributed by atoms with E-state index in [2.05, 4.69) is 15.4 Å². The summed E-state index contributed by atoms with van der Waals surface area (Å²) in [6.45, 7) is 4.96. The van der Waals surface area contributed by atoms with E-state index in [1.807, 2.05) is 25.9 Å². The highest BCUT2D eigenvalue weighted by molar-refractivity contribution is 5.81. The fraction of sp³-hybridized carbons (Fsp3) is 0.368. The van der Waals surface area contributed by atoms with Gasteiger partial charge in [0.15, 0.2) is 11.3 Å². The maximum atomic E-state index is 13.7. The zero-order valence-corrected chi connectivity index (χ0v) is 15.7. The topological polar surface area (TPSA) is 45.5 Å². The fourth-order valence-electron chi connectivity index (χ4n) is 2.86. The van der Waals surface area contributed by atoms with Gasteiger partial charge in [0.1, 0.15) is 5.82 Å². The Bertz CT molecular complexity index is 943. The zero-order valence-electron chi connectivity index (χ0n) is 15.7. The number of aryl methyl sites for hydroxylation is 2. The van der Waals surface area contributed by atoms with E-state index in [0.717, 1.165) is 12.1 Å². The van der Waals surface area contributed by atoms with Gasteiger partial charge in [0.05, 0.1) is 5.56 Å². The minimum absolute atomic E-state index is 0.00172. The Balaban J connectivity index is 2.20. The molecule has 0 aliphatic carbocycles. The Hall–Kier alpha value is -2.61. The lowest BCUT2D eigenvalue weighted by molar-refractivity contribution is -0.140. The smallest absolute Gasteiger partial charge is 0.369 e. The van der Waals surface area contributed by atoms with E-state index in [4.69, 9.17) is 0 Å². The third-order valence-corrected chi connectivity index (χ3v) is 4.19. The van der Waals surface area contributed by atoms with Crippen molar-refractivity contribution in [3.63, 3.8) is 0 Å². The number of hydrogen-bond acceptors (Lipinski definition) is 4. The SMILES string of the molecule is Cc1ccc(-c2c(C(F)(F)F)nn3c(NCCN(C)C)cc(C)nc23)cc1. The van der Waals surface area contributed by atoms with Crippen molar-refractivity contribution in [2.45, 2.75) is 20.0 Å². The molecule has 3 rings (SSSR count). The van der Waals surface area contributed by atoms with Gasteiger partial charge in [-0.3, -0.25) is 0 Å². The summed E-state index contributed by atoms with van der Waals surface area (Å²) in [5.74, 6) is 0.489. The van der Waals surface area contributed by atoms with Gasteiger partial charge in [0.2, 0.25) is 0 Å². The van der Waals surface area contributed by atoms with Crippen molar-refractivity contribution in [3.05, 3.63) is 47.3 Å². The molecule has 1 aromatic carbocycles. The lowest BCUT2D eigenvalue weighted by atomic mass is 10.0. The zero-order chi connectivity index (χ0) is 19.8. The molecule has 27 heavy (non-hydrogen) atoms. The molecule has 8 heteroatoms. The molecule has 0 fully saturated rings. The Kier molecular flexibility index (Phi) is 5.10. The van der Waals surface area contributed by atoms with Crippen LogP contribution in [0.2, 0.25) is 0 Å². The van der Waals surface area contributed by atoms with Crippen molar-refractivity contribution in [2.75, 3.05) is 32.5 Å². The number of aromatic nitrogens is 3. The van der Waals surface area contributed by atoms with Crippen molar-refractivity contribution >= 4 is 11.5 Å². The van der Waals surface area contributed by atoms with Crippen LogP contribution in [0.5, 0.6) is 0 Å². The number of nitrogens with one attached hydrogen (secondary N) is 1. The summed E-state index contributed by atoms with van der Waals surface area (Å²) in [7, 11) is 3.86. The Labute approximate surface area is 155 Å². The number of halogens is 3. The molecule has 0 unspecified atom stereocenters. The number of alkyl halides is 3. The van der Waals surface area contributed by atoms with Gasteiger partial charge in [-0.1, -0.05) is 29.8 Å². The van der Waals surface area contributed by atoms with Gasteiger partial charge in [-0.2, -0.15) is 22.8 Å². The molecule has 0 aliphatic heterocycles. The molecule has 0 aliphatic rings. The molecular formula is C19H22F3N5. The van der Waals surface area contributed by atoms with Crippen LogP contribution in [-0.2, 0) is 6.18 Å². The van der Waals surface area contributed by atoms with E-state index in [1.54, 1.807) is 37.3 Å². The van der Waals surface area contributed by atoms with E-state index in [9.17, 15) is 13.2 Å². The third-order valence-electron chi connectivity index (χ3n) is 4.19. The van der Waals surface area contributed by atoms with Gasteiger partial charge in [-0.15, -0.1) is 0 Å². The molecule has 0 radical (unpaired) electrons. The number of likely N-dealkylation sites (N-methyl/N-ethyl adjacent to an activating group) is 1. The first-order valence-corrected chi connectivity index (χ1v) is 8.60. The van der Waals surface area contributed by atoms with Crippen LogP contribution in [0.25, 0.3) is 16.8 Å². The maximum absolute atomic E-state index is 13.7. The third kappa shape index (κ3) is 4.05. The minimum Gasteiger partial charge on any atom is -0.369 e. The van der Waals surface area contributed by atoms with Gasteiger partial charge in [0.25, 0.3) is 0 Å². The van der Waals surface area contributed by atoms with Crippen molar-refractivity contribution < 1.29 is 13.2 Å². The van der Waals surface area contributed by atoms with E-state index in [0.29, 0.717) is 23.6 Å². The first-order valence-electron chi connectivity index (χ1n) is 8.60. The van der Waals surface area contributed by atoms with Crippen LogP contribution < -0.4 is 5.32 Å². The average molecular weight is 377 g/mol. The van der Waals surface area contributed by atoms with Crippen molar-refractivity contribution in [1.82, 2.24) is 19.5 Å². The Morgan fingerprint density at radius 1 is 1.11 bits per heavy atom. The monoisotopic (exact) mass is 377 g/mol. The van der Waals surface area contributed by atoms with E-state index in [-0.39, 0.29) is 11.2 Å². The summed E-state index contributed by atoms with van der Waals surface area (Å²) >= 11 is 0. The molecule has 0 atom stereocenters. The van der Waals surface area contributed by atoms with Crippen LogP contribution in [0, 0.1) is 13.8 Å². The quantitative estimate of drug-likeness (QED) is 0.730. The molecule has 0 spiro atoms. The normalized spacial score (nSPS) is 12.1. The molecule has 0 bridgehead atoms. The Morgan fingerprint density at radius 3 is 2.37 bits per heavy atom. The van der Waals surface area contributed by atoms with E-state index >= 15 is 0 Å². The summed E-state index contributed by atoms with van der Waals surface area (Å²) in [4.78, 5) is 6.35. The lowest BCUT2D eigenvalue weighted by Gasteiger charge is -2.12. The minimum atomic E-state index is -4.58. The molecule has 144 valence electrons. The molecular weight excluding hydrogens is 355 g/mol. The first kappa shape index (κ1) is 19.2. The van der Waals surface area contributed by atoms with Crippen LogP contribution in [0.1, 0.15) is 17.0 Å². The second-order valence-electron chi connectivity index (χ2n) is 6.84. The van der Waals surface area contributed by atoms with Crippen LogP contribution >= 0.6 is 0 Å². The second kappa shape index (κ2) is 7.19. The van der Waals surface area contributed by atoms with Crippen molar-refractivity contribution in [1.29, 1.82) is 0 Å². The first-order chi connectivity index (χ1) is 12.7. The number of benzene rings is 1. The predicted octanol–water partition coefficient (Wildman–Crippen LogP) is 4.01. The maximum Gasteiger partial charge on any atom is 0.435 e. The van der Waals surface area contributed by atoms with Crippen LogP contribution in [-0.4, -0.2) is 46.7 Å². The standard InChI is InChI=1S/C19H22F3N5/c1-12-5-7-14(8-6-12)16-17(19(20,21)22)25-27-15(23-9-10-26(3)4)11-13(2)24-18(16)27/h5-8,11,23H,9-10H2,1-4H3. The summed E-state index contributed by atoms with van der Waals surface area (Å²) in [5.41, 5.74) is 1.30. The van der Waals surface area contributed by atoms with Crippen LogP contribution in [0.3, 0.4) is 0 Å². The lowest BCUT2D eigenvalue weighted by Crippen LogP contribution is -2.22. The van der Waals surface area contributed by atoms with Gasteiger partial charge in [0, 0.05) is 24.8 Å². The molecule has 5 nitrogen and oxygen atoms in total. The molecule has 2 heterocycles. The Morgan fingerprint density at radius 2 is 1.78 bits per heavy atom. The summed E-state index contributed by atoms with van der Waals surface area (Å²) in [6, 6.07) is 8.61. The number of fused-ring (bicyclic) bond motifs is 1. The summed E-state index contributed by atoms with van der Waals surface area (Å²) in [6.07, 6.45) is -4.58. The molecule has 1 N–H and O–H groups in total. The number of anilines is 1. The molecule has 0 amide bonds. The highest BCUT2D eigenvalue weighted by Gasteiger charge is 2.39. The van der Waals surface area contributed by atoms with Gasteiger partial charge in [-0.25, -0.2) is 4.98 Å². The fourth-order valence-corrected chi connectivity index (χ4v) is 2.86. The number of nitrogens with zero attached hydrogens (tertiary/aromatic N) is 4. The van der Waals surface area contributed by atoms with Crippen molar-refractivity contribution in [3.8, 4) is 11.1 Å². The van der Waals surface area contributed by atoms with Crippen LogP contribution in [0.15, 0.2) is 30.3 Å². The predicted molar refractivity (Wildman–Crippen MR) is 99.9 cm³/mol.